The number of rotatable bonds is 3. The van der Waals surface area contributed by atoms with E-state index in [1.54, 1.807) is 19.3 Å². The summed E-state index contributed by atoms with van der Waals surface area (Å²) in [5, 5.41) is 2.67. The van der Waals surface area contributed by atoms with Gasteiger partial charge >= 0.3 is 0 Å². The molecule has 2 atom stereocenters. The second kappa shape index (κ2) is 5.57. The highest BCUT2D eigenvalue weighted by Gasteiger charge is 2.43. The number of carbonyl (C=O) groups is 1. The van der Waals surface area contributed by atoms with Crippen LogP contribution in [0, 0.1) is 0 Å². The van der Waals surface area contributed by atoms with E-state index >= 15 is 0 Å². The maximum absolute atomic E-state index is 11.8. The molecule has 0 unspecified atom stereocenters. The number of carbonyl (C=O) groups excluding carboxylic acids is 1. The van der Waals surface area contributed by atoms with E-state index in [1.807, 2.05) is 6.07 Å². The molecule has 4 rings (SSSR count). The fourth-order valence-corrected chi connectivity index (χ4v) is 3.74. The van der Waals surface area contributed by atoms with E-state index in [4.69, 9.17) is 0 Å². The second-order valence-corrected chi connectivity index (χ2v) is 6.17. The number of para-hydroxylation sites is 1. The second-order valence-electron chi connectivity index (χ2n) is 6.17. The van der Waals surface area contributed by atoms with E-state index in [0.29, 0.717) is 17.6 Å². The van der Waals surface area contributed by atoms with Gasteiger partial charge < -0.3 is 15.1 Å². The highest BCUT2D eigenvalue weighted by atomic mass is 16.1. The van der Waals surface area contributed by atoms with Crippen molar-refractivity contribution in [1.29, 1.82) is 0 Å². The van der Waals surface area contributed by atoms with Gasteiger partial charge in [-0.25, -0.2) is 4.98 Å². The summed E-state index contributed by atoms with van der Waals surface area (Å²) in [6.07, 6.45) is 2.88. The van der Waals surface area contributed by atoms with Crippen LogP contribution >= 0.6 is 0 Å². The van der Waals surface area contributed by atoms with Crippen LogP contribution < -0.4 is 15.1 Å². The number of pyridine rings is 1. The van der Waals surface area contributed by atoms with Crippen molar-refractivity contribution in [2.45, 2.75) is 18.5 Å². The molecule has 0 saturated carbocycles. The number of amides is 1. The standard InChI is InChI=1S/C18H20N4O/c1-19-18(23)13-7-8-20-17(9-13)22-12-15-10-16(22)11-21(15)14-5-3-2-4-6-14/h2-9,15-16H,10-12H2,1H3,(H,19,23)/t15-,16-/m0/s1. The van der Waals surface area contributed by atoms with E-state index < -0.39 is 0 Å². The molecule has 23 heavy (non-hydrogen) atoms. The minimum atomic E-state index is -0.0658. The zero-order valence-corrected chi connectivity index (χ0v) is 13.1. The van der Waals surface area contributed by atoms with E-state index in [0.717, 1.165) is 25.3 Å². The lowest BCUT2D eigenvalue weighted by Gasteiger charge is -2.36. The zero-order valence-electron chi connectivity index (χ0n) is 13.1. The van der Waals surface area contributed by atoms with Crippen LogP contribution in [0.25, 0.3) is 0 Å². The van der Waals surface area contributed by atoms with Crippen LogP contribution in [0.2, 0.25) is 0 Å². The van der Waals surface area contributed by atoms with Crippen molar-refractivity contribution in [1.82, 2.24) is 10.3 Å². The molecule has 2 aliphatic rings. The van der Waals surface area contributed by atoms with Crippen molar-refractivity contribution in [3.05, 3.63) is 54.2 Å². The summed E-state index contributed by atoms with van der Waals surface area (Å²) < 4.78 is 0. The predicted octanol–water partition coefficient (Wildman–Crippen LogP) is 1.91. The quantitative estimate of drug-likeness (QED) is 0.941. The fraction of sp³-hybridized carbons (Fsp3) is 0.333. The predicted molar refractivity (Wildman–Crippen MR) is 91.0 cm³/mol. The Morgan fingerprint density at radius 3 is 2.57 bits per heavy atom. The molecule has 0 aliphatic carbocycles. The summed E-state index contributed by atoms with van der Waals surface area (Å²) >= 11 is 0. The molecule has 0 radical (unpaired) electrons. The largest absolute Gasteiger partial charge is 0.365 e. The average Bonchev–Trinajstić information content (AvgIpc) is 3.22. The SMILES string of the molecule is CNC(=O)c1ccnc(N2C[C@@H]3C[C@H]2CN3c2ccccc2)c1. The van der Waals surface area contributed by atoms with Crippen molar-refractivity contribution in [3.63, 3.8) is 0 Å². The Bertz CT molecular complexity index is 718. The van der Waals surface area contributed by atoms with Crippen LogP contribution in [0.4, 0.5) is 11.5 Å². The van der Waals surface area contributed by atoms with Crippen LogP contribution in [0.15, 0.2) is 48.7 Å². The van der Waals surface area contributed by atoms with Gasteiger partial charge in [-0.1, -0.05) is 18.2 Å². The number of fused-ring (bicyclic) bond motifs is 2. The molecule has 5 heteroatoms. The molecule has 2 aliphatic heterocycles. The number of piperazine rings is 1. The highest BCUT2D eigenvalue weighted by Crippen LogP contribution is 2.36. The maximum Gasteiger partial charge on any atom is 0.251 e. The van der Waals surface area contributed by atoms with Crippen molar-refractivity contribution >= 4 is 17.4 Å². The maximum atomic E-state index is 11.8. The number of benzene rings is 1. The Morgan fingerprint density at radius 1 is 1.13 bits per heavy atom. The molecule has 0 spiro atoms. The third-order valence-electron chi connectivity index (χ3n) is 4.86. The normalized spacial score (nSPS) is 22.5. The molecule has 2 fully saturated rings. The first-order chi connectivity index (χ1) is 11.3. The number of aromatic nitrogens is 1. The van der Waals surface area contributed by atoms with Gasteiger partial charge in [-0.15, -0.1) is 0 Å². The molecule has 1 aromatic heterocycles. The molecule has 1 N–H and O–H groups in total. The molecule has 3 heterocycles. The van der Waals surface area contributed by atoms with Gasteiger partial charge in [-0.2, -0.15) is 0 Å². The van der Waals surface area contributed by atoms with E-state index in [9.17, 15) is 4.79 Å². The van der Waals surface area contributed by atoms with Crippen molar-refractivity contribution in [2.75, 3.05) is 29.9 Å². The van der Waals surface area contributed by atoms with Crippen LogP contribution in [-0.2, 0) is 0 Å². The molecular weight excluding hydrogens is 288 g/mol. The smallest absolute Gasteiger partial charge is 0.251 e. The lowest BCUT2D eigenvalue weighted by Crippen LogP contribution is -2.46. The summed E-state index contributed by atoms with van der Waals surface area (Å²) in [4.78, 5) is 21.1. The molecule has 118 valence electrons. The number of nitrogens with zero attached hydrogens (tertiary/aromatic N) is 3. The lowest BCUT2D eigenvalue weighted by atomic mass is 10.2. The minimum absolute atomic E-state index is 0.0658. The Morgan fingerprint density at radius 2 is 1.87 bits per heavy atom. The van der Waals surface area contributed by atoms with Crippen molar-refractivity contribution < 1.29 is 4.79 Å². The monoisotopic (exact) mass is 308 g/mol. The lowest BCUT2D eigenvalue weighted by molar-refractivity contribution is 0.0963. The van der Waals surface area contributed by atoms with Gasteiger partial charge in [-0.05, 0) is 30.7 Å². The average molecular weight is 308 g/mol. The Balaban J connectivity index is 1.53. The summed E-state index contributed by atoms with van der Waals surface area (Å²) in [6, 6.07) is 15.2. The first kappa shape index (κ1) is 14.1. The van der Waals surface area contributed by atoms with E-state index in [-0.39, 0.29) is 5.91 Å². The van der Waals surface area contributed by atoms with Gasteiger partial charge in [-0.3, -0.25) is 4.79 Å². The van der Waals surface area contributed by atoms with Gasteiger partial charge in [0.05, 0.1) is 6.04 Å². The van der Waals surface area contributed by atoms with Gasteiger partial charge in [0.15, 0.2) is 0 Å². The van der Waals surface area contributed by atoms with Crippen LogP contribution in [0.5, 0.6) is 0 Å². The Kier molecular flexibility index (Phi) is 3.41. The van der Waals surface area contributed by atoms with Gasteiger partial charge in [0.25, 0.3) is 5.91 Å². The molecule has 5 nitrogen and oxygen atoms in total. The zero-order chi connectivity index (χ0) is 15.8. The van der Waals surface area contributed by atoms with Crippen molar-refractivity contribution in [3.8, 4) is 0 Å². The first-order valence-electron chi connectivity index (χ1n) is 8.03. The Hall–Kier alpha value is -2.56. The number of nitrogens with one attached hydrogen (secondary N) is 1. The fourth-order valence-electron chi connectivity index (χ4n) is 3.74. The van der Waals surface area contributed by atoms with Crippen LogP contribution in [-0.4, -0.2) is 43.1 Å². The summed E-state index contributed by atoms with van der Waals surface area (Å²) in [5.74, 6) is 0.843. The number of anilines is 2. The third-order valence-corrected chi connectivity index (χ3v) is 4.86. The van der Waals surface area contributed by atoms with Crippen LogP contribution in [0.3, 0.4) is 0 Å². The summed E-state index contributed by atoms with van der Waals surface area (Å²) in [7, 11) is 1.65. The molecule has 1 aromatic carbocycles. The minimum Gasteiger partial charge on any atom is -0.365 e. The van der Waals surface area contributed by atoms with E-state index in [1.165, 1.54) is 5.69 Å². The third kappa shape index (κ3) is 2.42. The summed E-state index contributed by atoms with van der Waals surface area (Å²) in [6.45, 7) is 1.98. The highest BCUT2D eigenvalue weighted by molar-refractivity contribution is 5.94. The van der Waals surface area contributed by atoms with Crippen LogP contribution in [0.1, 0.15) is 16.8 Å². The summed E-state index contributed by atoms with van der Waals surface area (Å²) in [5.41, 5.74) is 1.96. The topological polar surface area (TPSA) is 48.5 Å². The van der Waals surface area contributed by atoms with Gasteiger partial charge in [0, 0.05) is 43.6 Å². The molecule has 2 aromatic rings. The van der Waals surface area contributed by atoms with Gasteiger partial charge in [0.1, 0.15) is 5.82 Å². The Labute approximate surface area is 135 Å². The first-order valence-corrected chi connectivity index (χ1v) is 8.03. The number of hydrogen-bond acceptors (Lipinski definition) is 4. The number of hydrogen-bond donors (Lipinski definition) is 1. The van der Waals surface area contributed by atoms with E-state index in [2.05, 4.69) is 50.4 Å². The molecule has 1 amide bonds. The van der Waals surface area contributed by atoms with Gasteiger partial charge in [0.2, 0.25) is 0 Å². The molecular formula is C18H20N4O. The molecule has 2 bridgehead atoms. The van der Waals surface area contributed by atoms with Crippen molar-refractivity contribution in [2.24, 2.45) is 0 Å². The molecule has 2 saturated heterocycles.